The number of hydrogen-bond donors (Lipinski definition) is 2. The zero-order valence-corrected chi connectivity index (χ0v) is 15.4. The van der Waals surface area contributed by atoms with Crippen LogP contribution in [0.15, 0.2) is 42.7 Å². The number of aromatic nitrogens is 3. The molecule has 1 aromatic heterocycles. The van der Waals surface area contributed by atoms with Crippen LogP contribution in [-0.4, -0.2) is 22.0 Å². The number of halogens is 2. The Morgan fingerprint density at radius 2 is 2.04 bits per heavy atom. The van der Waals surface area contributed by atoms with Gasteiger partial charge in [-0.05, 0) is 41.5 Å². The summed E-state index contributed by atoms with van der Waals surface area (Å²) in [6.45, 7) is 0.690. The number of rotatable bonds is 7. The van der Waals surface area contributed by atoms with Gasteiger partial charge in [-0.15, -0.1) is 0 Å². The summed E-state index contributed by atoms with van der Waals surface area (Å²) >= 11 is 11.4. The molecule has 6 nitrogen and oxygen atoms in total. The van der Waals surface area contributed by atoms with E-state index in [1.807, 2.05) is 0 Å². The van der Waals surface area contributed by atoms with Gasteiger partial charge >= 0.3 is 0 Å². The molecule has 0 unspecified atom stereocenters. The van der Waals surface area contributed by atoms with Gasteiger partial charge in [-0.2, -0.15) is 5.10 Å². The lowest BCUT2D eigenvalue weighted by molar-refractivity contribution is 0.284. The van der Waals surface area contributed by atoms with E-state index in [0.717, 1.165) is 11.1 Å². The SMILES string of the molecule is COc1cc(CNn2cn[nH]c2=S)c(Cl)cc1OCc1ccc(F)cc1. The highest BCUT2D eigenvalue weighted by molar-refractivity contribution is 7.71. The lowest BCUT2D eigenvalue weighted by atomic mass is 10.2. The van der Waals surface area contributed by atoms with Crippen molar-refractivity contribution in [3.05, 3.63) is 69.5 Å². The van der Waals surface area contributed by atoms with E-state index in [0.29, 0.717) is 27.8 Å². The van der Waals surface area contributed by atoms with Crippen LogP contribution in [0.4, 0.5) is 4.39 Å². The van der Waals surface area contributed by atoms with Gasteiger partial charge in [0.1, 0.15) is 18.8 Å². The molecule has 0 spiro atoms. The van der Waals surface area contributed by atoms with Crippen LogP contribution in [0, 0.1) is 10.6 Å². The second-order valence-electron chi connectivity index (χ2n) is 5.38. The summed E-state index contributed by atoms with van der Waals surface area (Å²) in [4.78, 5) is 0. The molecular formula is C17H16ClFN4O2S. The van der Waals surface area contributed by atoms with Crippen LogP contribution in [0.5, 0.6) is 11.5 Å². The van der Waals surface area contributed by atoms with Gasteiger partial charge < -0.3 is 14.9 Å². The fourth-order valence-electron chi connectivity index (χ4n) is 2.26. The molecule has 0 radical (unpaired) electrons. The van der Waals surface area contributed by atoms with Crippen molar-refractivity contribution < 1.29 is 13.9 Å². The molecule has 0 saturated heterocycles. The van der Waals surface area contributed by atoms with Crippen molar-refractivity contribution in [3.63, 3.8) is 0 Å². The van der Waals surface area contributed by atoms with Gasteiger partial charge in [0.25, 0.3) is 0 Å². The molecule has 0 aliphatic rings. The van der Waals surface area contributed by atoms with E-state index < -0.39 is 0 Å². The van der Waals surface area contributed by atoms with E-state index in [4.69, 9.17) is 33.3 Å². The third-order valence-corrected chi connectivity index (χ3v) is 4.27. The molecule has 2 N–H and O–H groups in total. The van der Waals surface area contributed by atoms with Gasteiger partial charge in [-0.3, -0.25) is 5.10 Å². The molecule has 0 saturated carbocycles. The average Bonchev–Trinajstić information content (AvgIpc) is 3.05. The molecule has 3 rings (SSSR count). The van der Waals surface area contributed by atoms with Crippen LogP contribution < -0.4 is 14.9 Å². The average molecular weight is 395 g/mol. The molecule has 0 aliphatic heterocycles. The smallest absolute Gasteiger partial charge is 0.214 e. The minimum absolute atomic E-state index is 0.273. The third-order valence-electron chi connectivity index (χ3n) is 3.63. The predicted octanol–water partition coefficient (Wildman–Crippen LogP) is 4.06. The lowest BCUT2D eigenvalue weighted by Crippen LogP contribution is -2.13. The summed E-state index contributed by atoms with van der Waals surface area (Å²) in [5.74, 6) is 0.763. The molecule has 0 atom stereocenters. The highest BCUT2D eigenvalue weighted by atomic mass is 35.5. The van der Waals surface area contributed by atoms with E-state index in [9.17, 15) is 4.39 Å². The minimum atomic E-state index is -0.288. The summed E-state index contributed by atoms with van der Waals surface area (Å²) in [6.07, 6.45) is 1.54. The molecule has 2 aromatic carbocycles. The molecule has 0 fully saturated rings. The predicted molar refractivity (Wildman–Crippen MR) is 99.2 cm³/mol. The van der Waals surface area contributed by atoms with Crippen molar-refractivity contribution in [2.75, 3.05) is 12.5 Å². The molecule has 0 bridgehead atoms. The Hall–Kier alpha value is -2.58. The summed E-state index contributed by atoms with van der Waals surface area (Å²) in [6, 6.07) is 9.58. The minimum Gasteiger partial charge on any atom is -0.493 e. The lowest BCUT2D eigenvalue weighted by Gasteiger charge is -2.15. The van der Waals surface area contributed by atoms with E-state index in [2.05, 4.69) is 15.6 Å². The topological polar surface area (TPSA) is 64.1 Å². The Kier molecular flexibility index (Phi) is 5.75. The van der Waals surface area contributed by atoms with Crippen molar-refractivity contribution in [3.8, 4) is 11.5 Å². The third kappa shape index (κ3) is 4.33. The molecule has 0 aliphatic carbocycles. The summed E-state index contributed by atoms with van der Waals surface area (Å²) in [5.41, 5.74) is 4.73. The quantitative estimate of drug-likeness (QED) is 0.591. The number of hydrogen-bond acceptors (Lipinski definition) is 5. The van der Waals surface area contributed by atoms with Crippen molar-refractivity contribution in [1.82, 2.24) is 14.9 Å². The maximum absolute atomic E-state index is 13.0. The van der Waals surface area contributed by atoms with Crippen LogP contribution in [0.1, 0.15) is 11.1 Å². The van der Waals surface area contributed by atoms with Crippen molar-refractivity contribution >= 4 is 23.8 Å². The van der Waals surface area contributed by atoms with Gasteiger partial charge in [-0.1, -0.05) is 23.7 Å². The van der Waals surface area contributed by atoms with Gasteiger partial charge in [0.2, 0.25) is 4.77 Å². The Morgan fingerprint density at radius 3 is 2.69 bits per heavy atom. The molecule has 1 heterocycles. The molecule has 0 amide bonds. The van der Waals surface area contributed by atoms with E-state index in [1.165, 1.54) is 18.5 Å². The van der Waals surface area contributed by atoms with Gasteiger partial charge in [0, 0.05) is 11.1 Å². The second kappa shape index (κ2) is 8.20. The highest BCUT2D eigenvalue weighted by Crippen LogP contribution is 2.34. The Morgan fingerprint density at radius 1 is 1.27 bits per heavy atom. The van der Waals surface area contributed by atoms with Crippen LogP contribution in [-0.2, 0) is 13.2 Å². The number of nitrogens with zero attached hydrogens (tertiary/aromatic N) is 2. The van der Waals surface area contributed by atoms with Crippen molar-refractivity contribution in [2.45, 2.75) is 13.2 Å². The van der Waals surface area contributed by atoms with Crippen LogP contribution in [0.2, 0.25) is 5.02 Å². The largest absolute Gasteiger partial charge is 0.493 e. The first-order chi connectivity index (χ1) is 12.6. The first-order valence-corrected chi connectivity index (χ1v) is 8.45. The van der Waals surface area contributed by atoms with E-state index in [-0.39, 0.29) is 12.4 Å². The molecule has 26 heavy (non-hydrogen) atoms. The van der Waals surface area contributed by atoms with Crippen LogP contribution in [0.3, 0.4) is 0 Å². The fourth-order valence-corrected chi connectivity index (χ4v) is 2.64. The maximum Gasteiger partial charge on any atom is 0.214 e. The zero-order chi connectivity index (χ0) is 18.5. The number of benzene rings is 2. The summed E-state index contributed by atoms with van der Waals surface area (Å²) in [7, 11) is 1.55. The maximum atomic E-state index is 13.0. The fraction of sp³-hybridized carbons (Fsp3) is 0.176. The highest BCUT2D eigenvalue weighted by Gasteiger charge is 2.11. The number of aromatic amines is 1. The number of nitrogens with one attached hydrogen (secondary N) is 2. The Bertz CT molecular complexity index is 943. The van der Waals surface area contributed by atoms with Gasteiger partial charge in [0.05, 0.1) is 13.7 Å². The van der Waals surface area contributed by atoms with E-state index >= 15 is 0 Å². The second-order valence-corrected chi connectivity index (χ2v) is 6.17. The normalized spacial score (nSPS) is 10.6. The Balaban J connectivity index is 1.72. The van der Waals surface area contributed by atoms with Crippen LogP contribution in [0.25, 0.3) is 0 Å². The summed E-state index contributed by atoms with van der Waals surface area (Å²) in [5, 5.41) is 7.00. The van der Waals surface area contributed by atoms with E-state index in [1.54, 1.807) is 36.1 Å². The Labute approximate surface area is 159 Å². The number of methoxy groups -OCH3 is 1. The van der Waals surface area contributed by atoms with Crippen LogP contribution >= 0.6 is 23.8 Å². The number of H-pyrrole nitrogens is 1. The summed E-state index contributed by atoms with van der Waals surface area (Å²) < 4.78 is 26.2. The number of ether oxygens (including phenoxy) is 2. The molecular weight excluding hydrogens is 379 g/mol. The first kappa shape index (κ1) is 18.2. The molecule has 3 aromatic rings. The molecule has 136 valence electrons. The first-order valence-electron chi connectivity index (χ1n) is 7.66. The van der Waals surface area contributed by atoms with Crippen molar-refractivity contribution in [2.24, 2.45) is 0 Å². The molecule has 9 heteroatoms. The standard InChI is InChI=1S/C17H16ClFN4O2S/c1-24-15-6-12(8-21-23-10-20-22-17(23)26)14(18)7-16(15)25-9-11-2-4-13(19)5-3-11/h2-7,10,21H,8-9H2,1H3,(H,22,26). The van der Waals surface area contributed by atoms with Crippen molar-refractivity contribution in [1.29, 1.82) is 0 Å². The monoisotopic (exact) mass is 394 g/mol. The zero-order valence-electron chi connectivity index (χ0n) is 13.8. The van der Waals surface area contributed by atoms with Gasteiger partial charge in [0.15, 0.2) is 11.5 Å². The van der Waals surface area contributed by atoms with Gasteiger partial charge in [-0.25, -0.2) is 9.07 Å².